The van der Waals surface area contributed by atoms with Crippen LogP contribution in [0.2, 0.25) is 19.6 Å². The minimum absolute atomic E-state index is 0.253. The Labute approximate surface area is 82.2 Å². The first-order chi connectivity index (χ1) is 4.88. The molecule has 11 heavy (non-hydrogen) atoms. The van der Waals surface area contributed by atoms with Gasteiger partial charge in [0.05, 0.1) is 15.2 Å². The van der Waals surface area contributed by atoms with E-state index in [2.05, 4.69) is 47.0 Å². The van der Waals surface area contributed by atoms with Crippen molar-refractivity contribution in [2.75, 3.05) is 7.11 Å². The molecule has 0 amide bonds. The number of methoxy groups -OCH3 is 1. The summed E-state index contributed by atoms with van der Waals surface area (Å²) in [7, 11) is 0.103. The van der Waals surface area contributed by atoms with Crippen molar-refractivity contribution in [1.82, 2.24) is 0 Å². The van der Waals surface area contributed by atoms with Crippen LogP contribution in [0.4, 0.5) is 0 Å². The van der Waals surface area contributed by atoms with Gasteiger partial charge in [0.15, 0.2) is 0 Å². The second kappa shape index (κ2) is 4.25. The fourth-order valence-electron chi connectivity index (χ4n) is 0.379. The molecule has 0 N–H and O–H groups in total. The van der Waals surface area contributed by atoms with E-state index >= 15 is 0 Å². The molecule has 2 nitrogen and oxygen atoms in total. The summed E-state index contributed by atoms with van der Waals surface area (Å²) in [5.41, 5.74) is 0. The van der Waals surface area contributed by atoms with Gasteiger partial charge in [-0.25, -0.2) is 4.79 Å². The monoisotopic (exact) mass is 284 g/mol. The Morgan fingerprint density at radius 2 is 1.91 bits per heavy atom. The topological polar surface area (TPSA) is 26.3 Å². The first-order valence-electron chi connectivity index (χ1n) is 3.33. The van der Waals surface area contributed by atoms with Crippen LogP contribution in [0.5, 0.6) is 0 Å². The largest absolute Gasteiger partial charge is 0.466 e. The third kappa shape index (κ3) is 4.57. The van der Waals surface area contributed by atoms with Crippen LogP contribution in [0, 0.1) is 0 Å². The van der Waals surface area contributed by atoms with Crippen LogP contribution < -0.4 is 0 Å². The maximum Gasteiger partial charge on any atom is 0.330 e. The minimum atomic E-state index is -1.29. The molecule has 64 valence electrons. The zero-order valence-corrected chi connectivity index (χ0v) is 10.4. The fraction of sp³-hybridized carbons (Fsp3) is 0.571. The number of ether oxygens (including phenoxy) is 1. The summed E-state index contributed by atoms with van der Waals surface area (Å²) in [4.78, 5) is 10.8. The Morgan fingerprint density at radius 3 is 2.18 bits per heavy atom. The number of esters is 1. The van der Waals surface area contributed by atoms with E-state index in [-0.39, 0.29) is 5.97 Å². The summed E-state index contributed by atoms with van der Waals surface area (Å²) >= 11 is 2.21. The number of rotatable bonds is 2. The van der Waals surface area contributed by atoms with Crippen molar-refractivity contribution >= 4 is 36.6 Å². The van der Waals surface area contributed by atoms with E-state index in [9.17, 15) is 4.79 Å². The second-order valence-corrected chi connectivity index (χ2v) is 10.5. The SMILES string of the molecule is COC(=O)/C=C(\I)[Si](C)(C)C. The number of carbonyl (C=O) groups excluding carboxylic acids is 1. The van der Waals surface area contributed by atoms with Gasteiger partial charge in [0.2, 0.25) is 0 Å². The van der Waals surface area contributed by atoms with Crippen molar-refractivity contribution in [2.24, 2.45) is 0 Å². The molecule has 0 saturated heterocycles. The molecule has 4 heteroatoms. The van der Waals surface area contributed by atoms with Crippen LogP contribution in [0.1, 0.15) is 0 Å². The lowest BCUT2D eigenvalue weighted by atomic mass is 10.7. The van der Waals surface area contributed by atoms with Gasteiger partial charge in [-0.2, -0.15) is 0 Å². The van der Waals surface area contributed by atoms with Gasteiger partial charge in [0.1, 0.15) is 0 Å². The van der Waals surface area contributed by atoms with Crippen LogP contribution in [-0.2, 0) is 9.53 Å². The van der Waals surface area contributed by atoms with Crippen molar-refractivity contribution in [1.29, 1.82) is 0 Å². The van der Waals surface area contributed by atoms with Crippen molar-refractivity contribution in [3.8, 4) is 0 Å². The molecule has 0 bridgehead atoms. The third-order valence-corrected chi connectivity index (χ3v) is 7.91. The Bertz CT molecular complexity index is 181. The number of hydrogen-bond donors (Lipinski definition) is 0. The normalized spacial score (nSPS) is 13.0. The Hall–Kier alpha value is 0.157. The summed E-state index contributed by atoms with van der Waals surface area (Å²) in [5.74, 6) is -0.253. The van der Waals surface area contributed by atoms with E-state index in [0.29, 0.717) is 0 Å². The quantitative estimate of drug-likeness (QED) is 0.337. The number of carbonyl (C=O) groups is 1. The average molecular weight is 284 g/mol. The molecule has 0 fully saturated rings. The van der Waals surface area contributed by atoms with Gasteiger partial charge in [0, 0.05) is 6.08 Å². The highest BCUT2D eigenvalue weighted by Gasteiger charge is 2.17. The molecular weight excluding hydrogens is 271 g/mol. The van der Waals surface area contributed by atoms with Crippen LogP contribution in [0.3, 0.4) is 0 Å². The molecule has 0 aromatic carbocycles. The van der Waals surface area contributed by atoms with E-state index in [1.54, 1.807) is 6.08 Å². The van der Waals surface area contributed by atoms with Gasteiger partial charge in [-0.3, -0.25) is 0 Å². The first kappa shape index (κ1) is 11.2. The van der Waals surface area contributed by atoms with Crippen LogP contribution in [-0.4, -0.2) is 21.2 Å². The lowest BCUT2D eigenvalue weighted by molar-refractivity contribution is -0.134. The van der Waals surface area contributed by atoms with Gasteiger partial charge in [0.25, 0.3) is 0 Å². The Morgan fingerprint density at radius 1 is 1.45 bits per heavy atom. The minimum Gasteiger partial charge on any atom is -0.466 e. The molecule has 0 atom stereocenters. The molecule has 0 saturated carbocycles. The van der Waals surface area contributed by atoms with E-state index in [1.807, 2.05) is 0 Å². The molecular formula is C7H13IO2Si. The van der Waals surface area contributed by atoms with Gasteiger partial charge in [-0.05, 0) is 3.20 Å². The summed E-state index contributed by atoms with van der Waals surface area (Å²) in [6.07, 6.45) is 1.58. The smallest absolute Gasteiger partial charge is 0.330 e. The maximum atomic E-state index is 10.8. The highest BCUT2D eigenvalue weighted by molar-refractivity contribution is 14.1. The lowest BCUT2D eigenvalue weighted by Crippen LogP contribution is -2.21. The zero-order chi connectivity index (χ0) is 9.07. The van der Waals surface area contributed by atoms with Crippen molar-refractivity contribution in [3.05, 3.63) is 9.28 Å². The third-order valence-electron chi connectivity index (χ3n) is 1.16. The van der Waals surface area contributed by atoms with Gasteiger partial charge < -0.3 is 4.74 Å². The molecule has 0 radical (unpaired) electrons. The zero-order valence-electron chi connectivity index (χ0n) is 7.27. The Kier molecular flexibility index (Phi) is 4.31. The van der Waals surface area contributed by atoms with Crippen molar-refractivity contribution in [2.45, 2.75) is 19.6 Å². The van der Waals surface area contributed by atoms with Crippen LogP contribution in [0.15, 0.2) is 9.28 Å². The predicted molar refractivity (Wildman–Crippen MR) is 57.5 cm³/mol. The maximum absolute atomic E-state index is 10.8. The highest BCUT2D eigenvalue weighted by Crippen LogP contribution is 2.20. The molecule has 0 unspecified atom stereocenters. The van der Waals surface area contributed by atoms with E-state index in [4.69, 9.17) is 0 Å². The second-order valence-electron chi connectivity index (χ2n) is 3.27. The van der Waals surface area contributed by atoms with E-state index in [0.717, 1.165) is 3.20 Å². The Balaban J connectivity index is 4.35. The molecule has 0 spiro atoms. The molecule has 0 aliphatic carbocycles. The standard InChI is InChI=1S/C7H13IO2Si/c1-10-7(9)5-6(8)11(2,3)4/h5H,1-4H3/b6-5+. The average Bonchev–Trinajstić information content (AvgIpc) is 1.85. The first-order valence-corrected chi connectivity index (χ1v) is 7.91. The summed E-state index contributed by atoms with van der Waals surface area (Å²) in [5, 5.41) is 0. The van der Waals surface area contributed by atoms with Crippen molar-refractivity contribution in [3.63, 3.8) is 0 Å². The summed E-state index contributed by atoms with van der Waals surface area (Å²) in [6, 6.07) is 0. The molecule has 0 aliphatic heterocycles. The van der Waals surface area contributed by atoms with Crippen LogP contribution in [0.25, 0.3) is 0 Å². The lowest BCUT2D eigenvalue weighted by Gasteiger charge is -2.13. The van der Waals surface area contributed by atoms with Gasteiger partial charge >= 0.3 is 5.97 Å². The highest BCUT2D eigenvalue weighted by atomic mass is 127. The summed E-state index contributed by atoms with van der Waals surface area (Å²) in [6.45, 7) is 6.57. The van der Waals surface area contributed by atoms with Crippen LogP contribution >= 0.6 is 22.6 Å². The molecule has 0 heterocycles. The fourth-order valence-corrected chi connectivity index (χ4v) is 1.18. The molecule has 0 rings (SSSR count). The predicted octanol–water partition coefficient (Wildman–Crippen LogP) is 2.36. The van der Waals surface area contributed by atoms with E-state index < -0.39 is 8.07 Å². The van der Waals surface area contributed by atoms with Crippen molar-refractivity contribution < 1.29 is 9.53 Å². The molecule has 0 aromatic rings. The van der Waals surface area contributed by atoms with Gasteiger partial charge in [-0.15, -0.1) is 0 Å². The van der Waals surface area contributed by atoms with Gasteiger partial charge in [-0.1, -0.05) is 42.2 Å². The molecule has 0 aliphatic rings. The number of halogens is 1. The summed E-state index contributed by atoms with van der Waals surface area (Å²) < 4.78 is 5.66. The molecule has 0 aromatic heterocycles. The van der Waals surface area contributed by atoms with E-state index in [1.165, 1.54) is 7.11 Å². The number of hydrogen-bond acceptors (Lipinski definition) is 2.